The fourth-order valence-corrected chi connectivity index (χ4v) is 3.61. The molecule has 3 N–H and O–H groups in total. The number of aromatic nitrogens is 2. The van der Waals surface area contributed by atoms with Gasteiger partial charge in [0.2, 0.25) is 11.0 Å². The number of aryl methyl sites for hydroxylation is 1. The minimum atomic E-state index is -0.479. The van der Waals surface area contributed by atoms with Gasteiger partial charge in [-0.25, -0.2) is 9.97 Å². The van der Waals surface area contributed by atoms with E-state index in [9.17, 15) is 4.79 Å². The van der Waals surface area contributed by atoms with Crippen LogP contribution in [0.2, 0.25) is 0 Å². The number of hydrogen-bond acceptors (Lipinski definition) is 6. The second kappa shape index (κ2) is 8.12. The SMILES string of the molecule is Cc1nc(-c2ccccc2)c(Oc2ccnc(Nc3cccc(C(N)=O)c3)c2)s1. The fraction of sp³-hybridized carbons (Fsp3) is 0.0455. The molecule has 6 nitrogen and oxygen atoms in total. The fourth-order valence-electron chi connectivity index (χ4n) is 2.80. The first-order valence-corrected chi connectivity index (χ1v) is 9.74. The third-order valence-corrected chi connectivity index (χ3v) is 4.96. The molecule has 2 heterocycles. The first-order chi connectivity index (χ1) is 14.1. The molecule has 0 aliphatic carbocycles. The third-order valence-electron chi connectivity index (χ3n) is 4.11. The number of anilines is 2. The summed E-state index contributed by atoms with van der Waals surface area (Å²) in [6.07, 6.45) is 1.66. The molecule has 0 unspecified atom stereocenters. The lowest BCUT2D eigenvalue weighted by Crippen LogP contribution is -2.10. The number of amides is 1. The first kappa shape index (κ1) is 18.6. The summed E-state index contributed by atoms with van der Waals surface area (Å²) in [4.78, 5) is 20.3. The molecule has 0 atom stereocenters. The second-order valence-electron chi connectivity index (χ2n) is 6.28. The molecule has 0 bridgehead atoms. The summed E-state index contributed by atoms with van der Waals surface area (Å²) in [7, 11) is 0. The quantitative estimate of drug-likeness (QED) is 0.466. The number of nitrogens with one attached hydrogen (secondary N) is 1. The van der Waals surface area contributed by atoms with Crippen molar-refractivity contribution in [2.24, 2.45) is 5.73 Å². The topological polar surface area (TPSA) is 90.1 Å². The Morgan fingerprint density at radius 1 is 1.07 bits per heavy atom. The average molecular weight is 402 g/mol. The number of ether oxygens (including phenoxy) is 1. The van der Waals surface area contributed by atoms with Crippen LogP contribution >= 0.6 is 11.3 Å². The number of benzene rings is 2. The number of nitrogens with two attached hydrogens (primary N) is 1. The van der Waals surface area contributed by atoms with E-state index in [1.165, 1.54) is 11.3 Å². The highest BCUT2D eigenvalue weighted by Gasteiger charge is 2.14. The number of carbonyl (C=O) groups is 1. The Balaban J connectivity index is 1.58. The number of hydrogen-bond donors (Lipinski definition) is 2. The Hall–Kier alpha value is -3.71. The first-order valence-electron chi connectivity index (χ1n) is 8.92. The predicted octanol–water partition coefficient (Wildman–Crippen LogP) is 5.15. The van der Waals surface area contributed by atoms with Crippen molar-refractivity contribution in [1.82, 2.24) is 9.97 Å². The lowest BCUT2D eigenvalue weighted by atomic mass is 10.2. The van der Waals surface area contributed by atoms with Crippen LogP contribution in [0.3, 0.4) is 0 Å². The van der Waals surface area contributed by atoms with Crippen molar-refractivity contribution in [3.8, 4) is 22.1 Å². The molecule has 2 aromatic carbocycles. The van der Waals surface area contributed by atoms with E-state index in [-0.39, 0.29) is 0 Å². The minimum Gasteiger partial charge on any atom is -0.444 e. The largest absolute Gasteiger partial charge is 0.444 e. The number of primary amides is 1. The molecule has 0 spiro atoms. The van der Waals surface area contributed by atoms with E-state index in [1.54, 1.807) is 36.5 Å². The standard InChI is InChI=1S/C22H18N4O2S/c1-14-25-20(15-6-3-2-4-7-15)22(29-14)28-18-10-11-24-19(13-18)26-17-9-5-8-16(12-17)21(23)27/h2-13H,1H3,(H2,23,27)(H,24,26). The minimum absolute atomic E-state index is 0.426. The summed E-state index contributed by atoms with van der Waals surface area (Å²) in [6.45, 7) is 1.95. The van der Waals surface area contributed by atoms with Gasteiger partial charge in [-0.3, -0.25) is 4.79 Å². The Bertz CT molecular complexity index is 1160. The summed E-state index contributed by atoms with van der Waals surface area (Å²) in [5, 5.41) is 4.81. The molecule has 29 heavy (non-hydrogen) atoms. The molecule has 1 amide bonds. The van der Waals surface area contributed by atoms with Gasteiger partial charge in [0.15, 0.2) is 0 Å². The van der Waals surface area contributed by atoms with Crippen LogP contribution in [-0.2, 0) is 0 Å². The van der Waals surface area contributed by atoms with Gasteiger partial charge in [-0.05, 0) is 31.2 Å². The molecule has 144 valence electrons. The van der Waals surface area contributed by atoms with E-state index in [0.29, 0.717) is 22.8 Å². The lowest BCUT2D eigenvalue weighted by molar-refractivity contribution is 0.100. The normalized spacial score (nSPS) is 10.5. The van der Waals surface area contributed by atoms with Gasteiger partial charge in [0, 0.05) is 29.1 Å². The van der Waals surface area contributed by atoms with E-state index < -0.39 is 5.91 Å². The number of nitrogens with zero attached hydrogens (tertiary/aromatic N) is 2. The smallest absolute Gasteiger partial charge is 0.248 e. The van der Waals surface area contributed by atoms with Gasteiger partial charge in [0.05, 0.1) is 5.01 Å². The Labute approximate surface area is 172 Å². The van der Waals surface area contributed by atoms with Gasteiger partial charge < -0.3 is 15.8 Å². The molecule has 0 radical (unpaired) electrons. The van der Waals surface area contributed by atoms with Crippen LogP contribution in [0.25, 0.3) is 11.3 Å². The monoisotopic (exact) mass is 402 g/mol. The molecule has 0 saturated heterocycles. The predicted molar refractivity (Wildman–Crippen MR) is 115 cm³/mol. The highest BCUT2D eigenvalue weighted by Crippen LogP contribution is 2.38. The third kappa shape index (κ3) is 4.41. The summed E-state index contributed by atoms with van der Waals surface area (Å²) in [6, 6.07) is 20.4. The van der Waals surface area contributed by atoms with Crippen molar-refractivity contribution in [2.75, 3.05) is 5.32 Å². The Morgan fingerprint density at radius 2 is 1.90 bits per heavy atom. The zero-order valence-corrected chi connectivity index (χ0v) is 16.4. The van der Waals surface area contributed by atoms with Gasteiger partial charge >= 0.3 is 0 Å². The molecule has 0 fully saturated rings. The van der Waals surface area contributed by atoms with Crippen LogP contribution in [0.4, 0.5) is 11.5 Å². The molecule has 0 aliphatic rings. The van der Waals surface area contributed by atoms with Crippen LogP contribution in [0.1, 0.15) is 15.4 Å². The van der Waals surface area contributed by atoms with Crippen LogP contribution in [0.5, 0.6) is 10.8 Å². The van der Waals surface area contributed by atoms with Gasteiger partial charge in [-0.2, -0.15) is 0 Å². The summed E-state index contributed by atoms with van der Waals surface area (Å²) >= 11 is 1.49. The van der Waals surface area contributed by atoms with E-state index in [4.69, 9.17) is 10.5 Å². The molecule has 0 aliphatic heterocycles. The van der Waals surface area contributed by atoms with Gasteiger partial charge in [0.1, 0.15) is 17.3 Å². The van der Waals surface area contributed by atoms with Gasteiger partial charge in [0.25, 0.3) is 0 Å². The highest BCUT2D eigenvalue weighted by molar-refractivity contribution is 7.13. The van der Waals surface area contributed by atoms with E-state index in [0.717, 1.165) is 21.3 Å². The lowest BCUT2D eigenvalue weighted by Gasteiger charge is -2.09. The number of carbonyl (C=O) groups excluding carboxylic acids is 1. The molecule has 4 rings (SSSR count). The van der Waals surface area contributed by atoms with Gasteiger partial charge in [-0.15, -0.1) is 0 Å². The van der Waals surface area contributed by atoms with Crippen molar-refractivity contribution in [3.63, 3.8) is 0 Å². The van der Waals surface area contributed by atoms with Crippen molar-refractivity contribution in [3.05, 3.63) is 83.5 Å². The van der Waals surface area contributed by atoms with Crippen LogP contribution in [0, 0.1) is 6.92 Å². The Kier molecular flexibility index (Phi) is 5.22. The molecular formula is C22H18N4O2S. The maximum Gasteiger partial charge on any atom is 0.248 e. The van der Waals surface area contributed by atoms with Crippen LogP contribution < -0.4 is 15.8 Å². The number of thiazole rings is 1. The molecule has 7 heteroatoms. The van der Waals surface area contributed by atoms with E-state index in [2.05, 4.69) is 15.3 Å². The van der Waals surface area contributed by atoms with Crippen LogP contribution in [0.15, 0.2) is 72.9 Å². The molecule has 2 aromatic heterocycles. The highest BCUT2D eigenvalue weighted by atomic mass is 32.1. The second-order valence-corrected chi connectivity index (χ2v) is 7.45. The van der Waals surface area contributed by atoms with Crippen molar-refractivity contribution < 1.29 is 9.53 Å². The van der Waals surface area contributed by atoms with Crippen molar-refractivity contribution in [2.45, 2.75) is 6.92 Å². The molecule has 0 saturated carbocycles. The zero-order chi connectivity index (χ0) is 20.2. The average Bonchev–Trinajstić information content (AvgIpc) is 3.09. The maximum absolute atomic E-state index is 11.4. The Morgan fingerprint density at radius 3 is 2.69 bits per heavy atom. The van der Waals surface area contributed by atoms with Gasteiger partial charge in [-0.1, -0.05) is 47.7 Å². The maximum atomic E-state index is 11.4. The van der Waals surface area contributed by atoms with Crippen LogP contribution in [-0.4, -0.2) is 15.9 Å². The number of rotatable bonds is 6. The molecule has 4 aromatic rings. The van der Waals surface area contributed by atoms with Crippen molar-refractivity contribution >= 4 is 28.7 Å². The zero-order valence-electron chi connectivity index (χ0n) is 15.6. The van der Waals surface area contributed by atoms with E-state index in [1.807, 2.05) is 43.3 Å². The van der Waals surface area contributed by atoms with E-state index >= 15 is 0 Å². The van der Waals surface area contributed by atoms with Crippen molar-refractivity contribution in [1.29, 1.82) is 0 Å². The number of pyridine rings is 1. The molecular weight excluding hydrogens is 384 g/mol. The summed E-state index contributed by atoms with van der Waals surface area (Å²) in [5.41, 5.74) is 8.30. The summed E-state index contributed by atoms with van der Waals surface area (Å²) in [5.74, 6) is 0.744. The summed E-state index contributed by atoms with van der Waals surface area (Å²) < 4.78 is 6.13.